The van der Waals surface area contributed by atoms with Crippen molar-refractivity contribution in [2.24, 2.45) is 0 Å². The lowest BCUT2D eigenvalue weighted by atomic mass is 10.3. The van der Waals surface area contributed by atoms with E-state index in [0.29, 0.717) is 5.56 Å². The van der Waals surface area contributed by atoms with E-state index in [1.807, 2.05) is 0 Å². The summed E-state index contributed by atoms with van der Waals surface area (Å²) in [6.07, 6.45) is -1.39. The zero-order chi connectivity index (χ0) is 10.0. The van der Waals surface area contributed by atoms with E-state index in [9.17, 15) is 8.78 Å². The van der Waals surface area contributed by atoms with Crippen molar-refractivity contribution in [2.75, 3.05) is 0 Å². The highest BCUT2D eigenvalue weighted by Crippen LogP contribution is 2.33. The summed E-state index contributed by atoms with van der Waals surface area (Å²) >= 11 is 14.2. The van der Waals surface area contributed by atoms with Crippen molar-refractivity contribution in [3.63, 3.8) is 0 Å². The summed E-state index contributed by atoms with van der Waals surface area (Å²) in [5, 5.41) is 0.195. The van der Waals surface area contributed by atoms with Crippen molar-refractivity contribution in [3.05, 3.63) is 26.9 Å². The van der Waals surface area contributed by atoms with Gasteiger partial charge in [-0.25, -0.2) is 8.78 Å². The van der Waals surface area contributed by atoms with E-state index in [1.165, 1.54) is 6.20 Å². The highest BCUT2D eigenvalue weighted by Gasteiger charge is 2.17. The number of halogens is 5. The van der Waals surface area contributed by atoms with Gasteiger partial charge in [0.05, 0.1) is 15.4 Å². The van der Waals surface area contributed by atoms with Gasteiger partial charge in [0, 0.05) is 11.8 Å². The molecule has 1 aromatic heterocycles. The summed E-state index contributed by atoms with van der Waals surface area (Å²) in [7, 11) is 0. The van der Waals surface area contributed by atoms with Gasteiger partial charge in [-0.3, -0.25) is 4.98 Å². The summed E-state index contributed by atoms with van der Waals surface area (Å²) in [6, 6.07) is 0. The second-order valence-electron chi connectivity index (χ2n) is 2.23. The fourth-order valence-corrected chi connectivity index (χ4v) is 1.77. The molecule has 0 bridgehead atoms. The van der Waals surface area contributed by atoms with Crippen molar-refractivity contribution < 1.29 is 8.78 Å². The van der Waals surface area contributed by atoms with Crippen LogP contribution in [0.5, 0.6) is 0 Å². The lowest BCUT2D eigenvalue weighted by Gasteiger charge is -2.06. The molecule has 0 spiro atoms. The number of pyridine rings is 1. The molecular weight excluding hydrogens is 287 g/mol. The average molecular weight is 291 g/mol. The maximum Gasteiger partial charge on any atom is 0.281 e. The SMILES string of the molecule is FC(F)c1ncc(CCl)c(Cl)c1Br. The summed E-state index contributed by atoms with van der Waals surface area (Å²) in [5.74, 6) is 0.147. The molecular formula is C7H4BrCl2F2N. The molecule has 1 nitrogen and oxygen atoms in total. The summed E-state index contributed by atoms with van der Waals surface area (Å²) in [6.45, 7) is 0. The van der Waals surface area contributed by atoms with Crippen LogP contribution < -0.4 is 0 Å². The molecule has 6 heteroatoms. The van der Waals surface area contributed by atoms with Crippen LogP contribution in [0.4, 0.5) is 8.78 Å². The van der Waals surface area contributed by atoms with E-state index < -0.39 is 6.43 Å². The van der Waals surface area contributed by atoms with E-state index in [1.54, 1.807) is 0 Å². The van der Waals surface area contributed by atoms with Crippen LogP contribution in [0.1, 0.15) is 17.7 Å². The minimum Gasteiger partial charge on any atom is -0.254 e. The van der Waals surface area contributed by atoms with E-state index >= 15 is 0 Å². The maximum atomic E-state index is 12.3. The number of hydrogen-bond acceptors (Lipinski definition) is 1. The first kappa shape index (κ1) is 11.1. The van der Waals surface area contributed by atoms with Crippen LogP contribution in [0.2, 0.25) is 5.02 Å². The number of nitrogens with zero attached hydrogens (tertiary/aromatic N) is 1. The molecule has 0 aliphatic heterocycles. The Morgan fingerprint density at radius 3 is 2.62 bits per heavy atom. The van der Waals surface area contributed by atoms with Crippen molar-refractivity contribution in [1.29, 1.82) is 0 Å². The molecule has 1 heterocycles. The molecule has 0 amide bonds. The molecule has 1 rings (SSSR count). The summed E-state index contributed by atoms with van der Waals surface area (Å²) in [5.41, 5.74) is 0.165. The zero-order valence-electron chi connectivity index (χ0n) is 6.20. The van der Waals surface area contributed by atoms with Gasteiger partial charge in [0.1, 0.15) is 5.69 Å². The smallest absolute Gasteiger partial charge is 0.254 e. The zero-order valence-corrected chi connectivity index (χ0v) is 9.30. The highest BCUT2D eigenvalue weighted by molar-refractivity contribution is 9.10. The van der Waals surface area contributed by atoms with Gasteiger partial charge >= 0.3 is 0 Å². The van der Waals surface area contributed by atoms with Gasteiger partial charge in [0.15, 0.2) is 0 Å². The molecule has 1 aromatic rings. The number of alkyl halides is 3. The van der Waals surface area contributed by atoms with E-state index in [4.69, 9.17) is 23.2 Å². The van der Waals surface area contributed by atoms with Gasteiger partial charge in [-0.05, 0) is 15.9 Å². The number of aromatic nitrogens is 1. The molecule has 0 saturated heterocycles. The Balaban J connectivity index is 3.23. The van der Waals surface area contributed by atoms with Crippen molar-refractivity contribution in [3.8, 4) is 0 Å². The average Bonchev–Trinajstić information content (AvgIpc) is 2.09. The highest BCUT2D eigenvalue weighted by atomic mass is 79.9. The Hall–Kier alpha value is 0.0700. The second-order valence-corrected chi connectivity index (χ2v) is 3.67. The molecule has 13 heavy (non-hydrogen) atoms. The third kappa shape index (κ3) is 2.30. The fraction of sp³-hybridized carbons (Fsp3) is 0.286. The van der Waals surface area contributed by atoms with Crippen LogP contribution in [0.25, 0.3) is 0 Å². The Labute approximate surface area is 92.2 Å². The van der Waals surface area contributed by atoms with Gasteiger partial charge in [-0.1, -0.05) is 11.6 Å². The lowest BCUT2D eigenvalue weighted by Crippen LogP contribution is -1.95. The lowest BCUT2D eigenvalue weighted by molar-refractivity contribution is 0.145. The van der Waals surface area contributed by atoms with Crippen molar-refractivity contribution in [2.45, 2.75) is 12.3 Å². The summed E-state index contributed by atoms with van der Waals surface area (Å²) in [4.78, 5) is 3.54. The monoisotopic (exact) mass is 289 g/mol. The Morgan fingerprint density at radius 2 is 2.15 bits per heavy atom. The topological polar surface area (TPSA) is 12.9 Å². The van der Waals surface area contributed by atoms with Crippen molar-refractivity contribution in [1.82, 2.24) is 4.98 Å². The van der Waals surface area contributed by atoms with Gasteiger partial charge in [-0.15, -0.1) is 11.6 Å². The van der Waals surface area contributed by atoms with E-state index in [-0.39, 0.29) is 21.1 Å². The predicted molar refractivity (Wildman–Crippen MR) is 51.5 cm³/mol. The van der Waals surface area contributed by atoms with Crippen molar-refractivity contribution >= 4 is 39.1 Å². The van der Waals surface area contributed by atoms with Crippen LogP contribution in [0.15, 0.2) is 10.7 Å². The standard InChI is InChI=1S/C7H4BrCl2F2N/c8-4-5(10)3(1-9)2-13-6(4)7(11)12/h2,7H,1H2. The van der Waals surface area contributed by atoms with Crippen LogP contribution in [0.3, 0.4) is 0 Å². The molecule has 0 aliphatic rings. The molecule has 0 radical (unpaired) electrons. The molecule has 0 fully saturated rings. The Kier molecular flexibility index (Phi) is 3.88. The normalized spacial score (nSPS) is 10.9. The van der Waals surface area contributed by atoms with Gasteiger partial charge in [0.25, 0.3) is 6.43 Å². The third-order valence-corrected chi connectivity index (χ3v) is 3.16. The van der Waals surface area contributed by atoms with Gasteiger partial charge < -0.3 is 0 Å². The van der Waals surface area contributed by atoms with E-state index in [2.05, 4.69) is 20.9 Å². The molecule has 72 valence electrons. The number of hydrogen-bond donors (Lipinski definition) is 0. The van der Waals surface area contributed by atoms with Crippen LogP contribution in [-0.2, 0) is 5.88 Å². The predicted octanol–water partition coefficient (Wildman–Crippen LogP) is 4.17. The first-order valence-electron chi connectivity index (χ1n) is 3.24. The molecule has 0 aromatic carbocycles. The first-order chi connectivity index (χ1) is 6.07. The van der Waals surface area contributed by atoms with E-state index in [0.717, 1.165) is 0 Å². The quantitative estimate of drug-likeness (QED) is 0.745. The molecule has 0 atom stereocenters. The Morgan fingerprint density at radius 1 is 1.54 bits per heavy atom. The van der Waals surface area contributed by atoms with Crippen LogP contribution >= 0.6 is 39.1 Å². The second kappa shape index (κ2) is 4.53. The van der Waals surface area contributed by atoms with Gasteiger partial charge in [-0.2, -0.15) is 0 Å². The van der Waals surface area contributed by atoms with Crippen LogP contribution in [-0.4, -0.2) is 4.98 Å². The first-order valence-corrected chi connectivity index (χ1v) is 4.95. The molecule has 0 N–H and O–H groups in total. The molecule has 0 unspecified atom stereocenters. The molecule has 0 aliphatic carbocycles. The van der Waals surface area contributed by atoms with Crippen LogP contribution in [0, 0.1) is 0 Å². The van der Waals surface area contributed by atoms with Gasteiger partial charge in [0.2, 0.25) is 0 Å². The maximum absolute atomic E-state index is 12.3. The largest absolute Gasteiger partial charge is 0.281 e. The minimum atomic E-state index is -2.64. The summed E-state index contributed by atoms with van der Waals surface area (Å²) < 4.78 is 24.6. The fourth-order valence-electron chi connectivity index (χ4n) is 0.760. The third-order valence-electron chi connectivity index (χ3n) is 1.41. The molecule has 0 saturated carbocycles. The Bertz CT molecular complexity index is 320. The number of rotatable bonds is 2. The minimum absolute atomic E-state index is 0.113.